The van der Waals surface area contributed by atoms with Crippen LogP contribution in [0.5, 0.6) is 11.5 Å². The predicted octanol–water partition coefficient (Wildman–Crippen LogP) is 5.57. The highest BCUT2D eigenvalue weighted by Crippen LogP contribution is 2.33. The molecular formula is C23H18N2O2. The molecule has 4 rings (SSSR count). The number of rotatable bonds is 4. The topological polar surface area (TPSA) is 65.4 Å². The first-order valence-corrected chi connectivity index (χ1v) is 8.61. The minimum Gasteiger partial charge on any atom is -0.508 e. The molecule has 0 aliphatic carbocycles. The molecule has 4 heteroatoms. The molecule has 1 heterocycles. The maximum atomic E-state index is 9.61. The van der Waals surface area contributed by atoms with Crippen LogP contribution >= 0.6 is 0 Å². The number of hydrogen-bond acceptors (Lipinski definition) is 4. The van der Waals surface area contributed by atoms with Gasteiger partial charge in [-0.25, -0.2) is 4.98 Å². The van der Waals surface area contributed by atoms with Crippen molar-refractivity contribution < 1.29 is 10.2 Å². The lowest BCUT2D eigenvalue weighted by Crippen LogP contribution is -1.97. The van der Waals surface area contributed by atoms with Gasteiger partial charge < -0.3 is 15.5 Å². The molecule has 4 aromatic rings. The molecule has 0 saturated carbocycles. The molecule has 3 aromatic carbocycles. The van der Waals surface area contributed by atoms with E-state index in [9.17, 15) is 10.2 Å². The number of phenols is 2. The molecule has 0 aliphatic rings. The second-order valence-corrected chi connectivity index (χ2v) is 6.18. The van der Waals surface area contributed by atoms with Crippen LogP contribution in [0.25, 0.3) is 22.4 Å². The van der Waals surface area contributed by atoms with Crippen molar-refractivity contribution in [2.24, 2.45) is 0 Å². The van der Waals surface area contributed by atoms with Crippen molar-refractivity contribution >= 4 is 11.5 Å². The van der Waals surface area contributed by atoms with Gasteiger partial charge in [0.1, 0.15) is 17.3 Å². The minimum atomic E-state index is 0.220. The lowest BCUT2D eigenvalue weighted by atomic mass is 9.99. The number of nitrogens with zero attached hydrogens (tertiary/aromatic N) is 1. The molecule has 27 heavy (non-hydrogen) atoms. The summed E-state index contributed by atoms with van der Waals surface area (Å²) in [6, 6.07) is 27.9. The summed E-state index contributed by atoms with van der Waals surface area (Å²) < 4.78 is 0. The molecule has 0 aliphatic heterocycles. The first-order chi connectivity index (χ1) is 13.2. The number of phenolic OH excluding ortho intramolecular Hbond substituents is 2. The van der Waals surface area contributed by atoms with Crippen LogP contribution in [0.3, 0.4) is 0 Å². The Morgan fingerprint density at radius 3 is 1.89 bits per heavy atom. The van der Waals surface area contributed by atoms with Crippen molar-refractivity contribution in [3.05, 3.63) is 91.0 Å². The van der Waals surface area contributed by atoms with E-state index < -0.39 is 0 Å². The second-order valence-electron chi connectivity index (χ2n) is 6.18. The van der Waals surface area contributed by atoms with Crippen molar-refractivity contribution in [1.82, 2.24) is 4.98 Å². The van der Waals surface area contributed by atoms with Crippen LogP contribution < -0.4 is 5.32 Å². The van der Waals surface area contributed by atoms with E-state index in [4.69, 9.17) is 4.98 Å². The number of pyridine rings is 1. The summed E-state index contributed by atoms with van der Waals surface area (Å²) in [7, 11) is 0. The standard InChI is InChI=1S/C23H18N2O2/c26-19-10-6-17(7-11-19)23-21(16-4-2-1-3-5-16)14-15-22(25-23)24-18-8-12-20(27)13-9-18/h1-15,26-27H,(H,24,25). The SMILES string of the molecule is Oc1ccc(Nc2ccc(-c3ccccc3)c(-c3ccc(O)cc3)n2)cc1. The molecular weight excluding hydrogens is 336 g/mol. The predicted molar refractivity (Wildman–Crippen MR) is 108 cm³/mol. The average molecular weight is 354 g/mol. The van der Waals surface area contributed by atoms with Gasteiger partial charge in [0, 0.05) is 16.8 Å². The first kappa shape index (κ1) is 16.7. The van der Waals surface area contributed by atoms with Crippen LogP contribution in [0.15, 0.2) is 91.0 Å². The highest BCUT2D eigenvalue weighted by Gasteiger charge is 2.11. The average Bonchev–Trinajstić information content (AvgIpc) is 2.71. The van der Waals surface area contributed by atoms with E-state index in [0.29, 0.717) is 5.82 Å². The van der Waals surface area contributed by atoms with Crippen LogP contribution in [0.2, 0.25) is 0 Å². The third-order valence-electron chi connectivity index (χ3n) is 4.26. The van der Waals surface area contributed by atoms with Gasteiger partial charge in [-0.3, -0.25) is 0 Å². The minimum absolute atomic E-state index is 0.220. The van der Waals surface area contributed by atoms with Crippen LogP contribution in [-0.2, 0) is 0 Å². The molecule has 4 nitrogen and oxygen atoms in total. The maximum Gasteiger partial charge on any atom is 0.131 e. The van der Waals surface area contributed by atoms with E-state index in [0.717, 1.165) is 28.1 Å². The third-order valence-corrected chi connectivity index (χ3v) is 4.26. The number of anilines is 2. The van der Waals surface area contributed by atoms with Gasteiger partial charge in [-0.05, 0) is 66.2 Å². The Kier molecular flexibility index (Phi) is 4.45. The zero-order valence-corrected chi connectivity index (χ0v) is 14.5. The number of aromatic nitrogens is 1. The van der Waals surface area contributed by atoms with Gasteiger partial charge in [0.15, 0.2) is 0 Å². The molecule has 0 fully saturated rings. The summed E-state index contributed by atoms with van der Waals surface area (Å²) >= 11 is 0. The Morgan fingerprint density at radius 2 is 1.22 bits per heavy atom. The summed E-state index contributed by atoms with van der Waals surface area (Å²) in [4.78, 5) is 4.81. The fraction of sp³-hybridized carbons (Fsp3) is 0. The van der Waals surface area contributed by atoms with Gasteiger partial charge in [0.05, 0.1) is 5.69 Å². The van der Waals surface area contributed by atoms with Gasteiger partial charge >= 0.3 is 0 Å². The fourth-order valence-corrected chi connectivity index (χ4v) is 2.91. The summed E-state index contributed by atoms with van der Waals surface area (Å²) in [5.41, 5.74) is 4.66. The van der Waals surface area contributed by atoms with Crippen molar-refractivity contribution in [1.29, 1.82) is 0 Å². The zero-order chi connectivity index (χ0) is 18.6. The molecule has 3 N–H and O–H groups in total. The van der Waals surface area contributed by atoms with Crippen molar-refractivity contribution in [2.45, 2.75) is 0 Å². The molecule has 0 spiro atoms. The van der Waals surface area contributed by atoms with E-state index in [-0.39, 0.29) is 11.5 Å². The van der Waals surface area contributed by atoms with E-state index >= 15 is 0 Å². The lowest BCUT2D eigenvalue weighted by molar-refractivity contribution is 0.475. The van der Waals surface area contributed by atoms with E-state index in [1.165, 1.54) is 0 Å². The zero-order valence-electron chi connectivity index (χ0n) is 14.5. The largest absolute Gasteiger partial charge is 0.508 e. The normalized spacial score (nSPS) is 10.5. The second kappa shape index (κ2) is 7.22. The molecule has 132 valence electrons. The Hall–Kier alpha value is -3.79. The van der Waals surface area contributed by atoms with E-state index in [2.05, 4.69) is 5.32 Å². The van der Waals surface area contributed by atoms with Crippen LogP contribution in [0.4, 0.5) is 11.5 Å². The van der Waals surface area contributed by atoms with Crippen molar-refractivity contribution in [3.8, 4) is 33.9 Å². The van der Waals surface area contributed by atoms with Gasteiger partial charge in [-0.2, -0.15) is 0 Å². The molecule has 0 saturated heterocycles. The third kappa shape index (κ3) is 3.75. The summed E-state index contributed by atoms with van der Waals surface area (Å²) in [5.74, 6) is 1.14. The van der Waals surface area contributed by atoms with Crippen molar-refractivity contribution in [3.63, 3.8) is 0 Å². The highest BCUT2D eigenvalue weighted by atomic mass is 16.3. The number of aromatic hydroxyl groups is 2. The molecule has 0 radical (unpaired) electrons. The van der Waals surface area contributed by atoms with E-state index in [1.54, 1.807) is 36.4 Å². The van der Waals surface area contributed by atoms with Crippen LogP contribution in [0, 0.1) is 0 Å². The number of benzene rings is 3. The monoisotopic (exact) mass is 354 g/mol. The summed E-state index contributed by atoms with van der Waals surface area (Å²) in [5, 5.41) is 22.3. The Bertz CT molecular complexity index is 1040. The smallest absolute Gasteiger partial charge is 0.131 e. The Labute approximate surface area is 157 Å². The first-order valence-electron chi connectivity index (χ1n) is 8.61. The molecule has 0 amide bonds. The van der Waals surface area contributed by atoms with Crippen LogP contribution in [-0.4, -0.2) is 15.2 Å². The quantitative estimate of drug-likeness (QED) is 0.419. The number of nitrogens with one attached hydrogen (secondary N) is 1. The van der Waals surface area contributed by atoms with Gasteiger partial charge in [0.2, 0.25) is 0 Å². The Morgan fingerprint density at radius 1 is 0.593 bits per heavy atom. The fourth-order valence-electron chi connectivity index (χ4n) is 2.91. The Balaban J connectivity index is 1.78. The summed E-state index contributed by atoms with van der Waals surface area (Å²) in [6.07, 6.45) is 0. The van der Waals surface area contributed by atoms with E-state index in [1.807, 2.05) is 54.6 Å². The van der Waals surface area contributed by atoms with Gasteiger partial charge in [-0.1, -0.05) is 30.3 Å². The maximum absolute atomic E-state index is 9.61. The highest BCUT2D eigenvalue weighted by molar-refractivity contribution is 5.82. The summed E-state index contributed by atoms with van der Waals surface area (Å²) in [6.45, 7) is 0. The van der Waals surface area contributed by atoms with Crippen LogP contribution in [0.1, 0.15) is 0 Å². The van der Waals surface area contributed by atoms with Crippen molar-refractivity contribution in [2.75, 3.05) is 5.32 Å². The lowest BCUT2D eigenvalue weighted by Gasteiger charge is -2.13. The van der Waals surface area contributed by atoms with Gasteiger partial charge in [0.25, 0.3) is 0 Å². The molecule has 0 bridgehead atoms. The molecule has 0 unspecified atom stereocenters. The van der Waals surface area contributed by atoms with Gasteiger partial charge in [-0.15, -0.1) is 0 Å². The molecule has 1 aromatic heterocycles. The number of hydrogen-bond donors (Lipinski definition) is 3. The molecule has 0 atom stereocenters.